The van der Waals surface area contributed by atoms with Crippen LogP contribution >= 0.6 is 11.6 Å². The molecule has 0 spiro atoms. The number of hydrogen-bond donors (Lipinski definition) is 1. The van der Waals surface area contributed by atoms with E-state index in [1.54, 1.807) is 24.4 Å². The Morgan fingerprint density at radius 1 is 1.15 bits per heavy atom. The smallest absolute Gasteiger partial charge is 0.244 e. The van der Waals surface area contributed by atoms with Gasteiger partial charge in [-0.25, -0.2) is 8.42 Å². The molecule has 2 heterocycles. The lowest BCUT2D eigenvalue weighted by molar-refractivity contribution is -0.124. The standard InChI is InChI=1S/C18H20ClN3O3S/c19-14-7-9-16(10-8-14)26(24,25)22(13-15-5-1-3-11-20-15)17-6-2-4-12-21-18(17)23/h1,3,5,7-11,17H,2,4,6,12-13H2,(H,21,23). The van der Waals surface area contributed by atoms with Gasteiger partial charge < -0.3 is 5.32 Å². The molecular formula is C18H20ClN3O3S. The van der Waals surface area contributed by atoms with Gasteiger partial charge in [-0.1, -0.05) is 17.7 Å². The normalized spacial score (nSPS) is 18.4. The number of amides is 1. The fourth-order valence-corrected chi connectivity index (χ4v) is 4.67. The first-order valence-electron chi connectivity index (χ1n) is 8.43. The molecule has 0 aliphatic carbocycles. The average molecular weight is 394 g/mol. The summed E-state index contributed by atoms with van der Waals surface area (Å²) in [5.74, 6) is -0.268. The van der Waals surface area contributed by atoms with Gasteiger partial charge in [0.05, 0.1) is 17.1 Å². The third-order valence-corrected chi connectivity index (χ3v) is 6.44. The van der Waals surface area contributed by atoms with Crippen molar-refractivity contribution in [3.05, 3.63) is 59.4 Å². The number of pyridine rings is 1. The number of sulfonamides is 1. The summed E-state index contributed by atoms with van der Waals surface area (Å²) in [6, 6.07) is 10.5. The second kappa shape index (κ2) is 8.16. The van der Waals surface area contributed by atoms with Gasteiger partial charge in [0.2, 0.25) is 15.9 Å². The molecule has 1 amide bonds. The fourth-order valence-electron chi connectivity index (χ4n) is 2.95. The summed E-state index contributed by atoms with van der Waals surface area (Å²) in [7, 11) is -3.89. The molecule has 0 bridgehead atoms. The summed E-state index contributed by atoms with van der Waals surface area (Å²) in [4.78, 5) is 16.8. The third-order valence-electron chi connectivity index (χ3n) is 4.32. The molecule has 3 rings (SSSR count). The zero-order valence-electron chi connectivity index (χ0n) is 14.1. The van der Waals surface area contributed by atoms with Gasteiger partial charge in [-0.2, -0.15) is 4.31 Å². The van der Waals surface area contributed by atoms with Crippen LogP contribution < -0.4 is 5.32 Å². The Labute approximate surface area is 158 Å². The molecule has 1 aliphatic heterocycles. The zero-order valence-corrected chi connectivity index (χ0v) is 15.7. The quantitative estimate of drug-likeness (QED) is 0.846. The lowest BCUT2D eigenvalue weighted by Gasteiger charge is -2.28. The van der Waals surface area contributed by atoms with Crippen molar-refractivity contribution < 1.29 is 13.2 Å². The molecular weight excluding hydrogens is 374 g/mol. The molecule has 1 saturated heterocycles. The lowest BCUT2D eigenvalue weighted by Crippen LogP contribution is -2.48. The van der Waals surface area contributed by atoms with E-state index in [9.17, 15) is 13.2 Å². The topological polar surface area (TPSA) is 79.4 Å². The van der Waals surface area contributed by atoms with Crippen molar-refractivity contribution in [2.24, 2.45) is 0 Å². The molecule has 26 heavy (non-hydrogen) atoms. The van der Waals surface area contributed by atoms with E-state index in [-0.39, 0.29) is 17.3 Å². The van der Waals surface area contributed by atoms with Crippen molar-refractivity contribution >= 4 is 27.5 Å². The number of carbonyl (C=O) groups excluding carboxylic acids is 1. The first-order valence-corrected chi connectivity index (χ1v) is 10.3. The molecule has 1 aromatic heterocycles. The molecule has 1 aliphatic rings. The van der Waals surface area contributed by atoms with Gasteiger partial charge in [-0.15, -0.1) is 0 Å². The highest BCUT2D eigenvalue weighted by Gasteiger charge is 2.36. The second-order valence-corrected chi connectivity index (χ2v) is 8.45. The van der Waals surface area contributed by atoms with Gasteiger partial charge in [0.1, 0.15) is 6.04 Å². The number of carbonyl (C=O) groups is 1. The van der Waals surface area contributed by atoms with Gasteiger partial charge in [0.15, 0.2) is 0 Å². The third kappa shape index (κ3) is 4.23. The van der Waals surface area contributed by atoms with Crippen molar-refractivity contribution in [2.45, 2.75) is 36.7 Å². The maximum Gasteiger partial charge on any atom is 0.244 e. The number of benzene rings is 1. The monoisotopic (exact) mass is 393 g/mol. The molecule has 2 aromatic rings. The van der Waals surface area contributed by atoms with Gasteiger partial charge in [-0.3, -0.25) is 9.78 Å². The molecule has 1 N–H and O–H groups in total. The number of halogens is 1. The Kier molecular flexibility index (Phi) is 5.90. The van der Waals surface area contributed by atoms with Crippen LogP contribution in [0.1, 0.15) is 25.0 Å². The van der Waals surface area contributed by atoms with E-state index in [1.807, 2.05) is 0 Å². The van der Waals surface area contributed by atoms with Crippen molar-refractivity contribution in [1.29, 1.82) is 0 Å². The SMILES string of the molecule is O=C1NCCCCC1N(Cc1ccccn1)S(=O)(=O)c1ccc(Cl)cc1. The Bertz CT molecular complexity index is 857. The highest BCUT2D eigenvalue weighted by Crippen LogP contribution is 2.25. The van der Waals surface area contributed by atoms with Crippen molar-refractivity contribution in [2.75, 3.05) is 6.54 Å². The molecule has 8 heteroatoms. The van der Waals surface area contributed by atoms with Gasteiger partial charge in [0, 0.05) is 17.8 Å². The Hall–Kier alpha value is -1.96. The molecule has 1 unspecified atom stereocenters. The Balaban J connectivity index is 2.01. The van der Waals surface area contributed by atoms with E-state index in [0.29, 0.717) is 23.7 Å². The summed E-state index contributed by atoms with van der Waals surface area (Å²) >= 11 is 5.88. The number of nitrogens with one attached hydrogen (secondary N) is 1. The number of nitrogens with zero attached hydrogens (tertiary/aromatic N) is 2. The van der Waals surface area contributed by atoms with E-state index >= 15 is 0 Å². The van der Waals surface area contributed by atoms with Crippen LogP contribution in [0.2, 0.25) is 5.02 Å². The minimum Gasteiger partial charge on any atom is -0.355 e. The average Bonchev–Trinajstić information content (AvgIpc) is 2.85. The van der Waals surface area contributed by atoms with Crippen LogP contribution in [-0.4, -0.2) is 36.2 Å². The predicted octanol–water partition coefficient (Wildman–Crippen LogP) is 2.59. The number of rotatable bonds is 5. The first kappa shape index (κ1) is 18.8. The second-order valence-electron chi connectivity index (χ2n) is 6.13. The van der Waals surface area contributed by atoms with Crippen LogP contribution in [0.25, 0.3) is 0 Å². The minimum atomic E-state index is -3.89. The molecule has 1 aromatic carbocycles. The summed E-state index contributed by atoms with van der Waals surface area (Å²) in [5.41, 5.74) is 0.585. The van der Waals surface area contributed by atoms with Gasteiger partial charge in [0.25, 0.3) is 0 Å². The maximum absolute atomic E-state index is 13.3. The van der Waals surface area contributed by atoms with Gasteiger partial charge in [-0.05, 0) is 55.7 Å². The van der Waals surface area contributed by atoms with Crippen molar-refractivity contribution in [3.8, 4) is 0 Å². The van der Waals surface area contributed by atoms with E-state index in [0.717, 1.165) is 12.8 Å². The van der Waals surface area contributed by atoms with Crippen LogP contribution in [-0.2, 0) is 21.4 Å². The predicted molar refractivity (Wildman–Crippen MR) is 99.1 cm³/mol. The maximum atomic E-state index is 13.3. The molecule has 6 nitrogen and oxygen atoms in total. The molecule has 1 atom stereocenters. The first-order chi connectivity index (χ1) is 12.5. The van der Waals surface area contributed by atoms with E-state index < -0.39 is 16.1 Å². The van der Waals surface area contributed by atoms with Gasteiger partial charge >= 0.3 is 0 Å². The summed E-state index contributed by atoms with van der Waals surface area (Å²) in [6.07, 6.45) is 3.69. The molecule has 138 valence electrons. The van der Waals surface area contributed by atoms with Crippen LogP contribution in [0, 0.1) is 0 Å². The molecule has 1 fully saturated rings. The van der Waals surface area contributed by atoms with Crippen molar-refractivity contribution in [3.63, 3.8) is 0 Å². The largest absolute Gasteiger partial charge is 0.355 e. The highest BCUT2D eigenvalue weighted by atomic mass is 35.5. The minimum absolute atomic E-state index is 0.0316. The Morgan fingerprint density at radius 2 is 1.92 bits per heavy atom. The lowest BCUT2D eigenvalue weighted by atomic mass is 10.1. The number of aromatic nitrogens is 1. The van der Waals surface area contributed by atoms with Crippen LogP contribution in [0.5, 0.6) is 0 Å². The zero-order chi connectivity index (χ0) is 18.6. The summed E-state index contributed by atoms with van der Waals surface area (Å²) in [6.45, 7) is 0.595. The Morgan fingerprint density at radius 3 is 2.62 bits per heavy atom. The van der Waals surface area contributed by atoms with E-state index in [1.165, 1.54) is 28.6 Å². The van der Waals surface area contributed by atoms with Crippen LogP contribution in [0.15, 0.2) is 53.6 Å². The van der Waals surface area contributed by atoms with Crippen LogP contribution in [0.3, 0.4) is 0 Å². The van der Waals surface area contributed by atoms with E-state index in [2.05, 4.69) is 10.3 Å². The van der Waals surface area contributed by atoms with Crippen molar-refractivity contribution in [1.82, 2.24) is 14.6 Å². The van der Waals surface area contributed by atoms with E-state index in [4.69, 9.17) is 11.6 Å². The fraction of sp³-hybridized carbons (Fsp3) is 0.333. The summed E-state index contributed by atoms with van der Waals surface area (Å²) in [5, 5.41) is 3.26. The summed E-state index contributed by atoms with van der Waals surface area (Å²) < 4.78 is 27.8. The highest BCUT2D eigenvalue weighted by molar-refractivity contribution is 7.89. The number of hydrogen-bond acceptors (Lipinski definition) is 4. The molecule has 0 radical (unpaired) electrons. The molecule has 0 saturated carbocycles. The van der Waals surface area contributed by atoms with Crippen LogP contribution in [0.4, 0.5) is 0 Å².